The molecule has 2 aromatic rings. The van der Waals surface area contributed by atoms with Gasteiger partial charge in [0, 0.05) is 50.6 Å². The second-order valence-corrected chi connectivity index (χ2v) is 11.5. The van der Waals surface area contributed by atoms with Gasteiger partial charge < -0.3 is 48.9 Å². The Morgan fingerprint density at radius 2 is 1.75 bits per heavy atom. The molecule has 2 fully saturated rings. The monoisotopic (exact) mass is 763 g/mol. The second kappa shape index (κ2) is 17.9. The van der Waals surface area contributed by atoms with Crippen LogP contribution >= 0.6 is 0 Å². The molecule has 17 nitrogen and oxygen atoms in total. The maximum Gasteiger partial charge on any atom is 0.511 e. The second-order valence-electron chi connectivity index (χ2n) is 11.5. The molecule has 3 aliphatic rings. The summed E-state index contributed by atoms with van der Waals surface area (Å²) in [5.41, 5.74) is -1.68. The average Bonchev–Trinajstić information content (AvgIpc) is 3.48. The normalized spacial score (nSPS) is 18.2. The molecular weight excluding hydrogens is 729 g/mol. The largest absolute Gasteiger partial charge is 0.511 e. The minimum Gasteiger partial charge on any atom is -0.475 e. The van der Waals surface area contributed by atoms with Gasteiger partial charge in [-0.15, -0.1) is 0 Å². The lowest BCUT2D eigenvalue weighted by atomic mass is 10.1. The molecule has 0 saturated carbocycles. The standard InChI is InChI=1S/C29H33F2N5O10.C2HF3O2/c1-17-14-43-23-13-35-12-20(27(39)33-11-18-2-3-19(30)10-21(18)31)25(38)26(24(35)28(40)36(17)23)45-16-46-29(41)44-15-22(37)32-4-5-34-6-8-42-9-7-34;3-2(4,5)1(6)7/h2-3,10,12,17,23H,4-9,11,13-16H2,1H3,(H,32,37)(H,33,39);(H,6,7)/t17-,23+;/m0./s1. The number of carboxylic acid groups (broad SMARTS) is 1. The number of fused-ring (bicyclic) bond motifs is 2. The zero-order valence-corrected chi connectivity index (χ0v) is 27.9. The van der Waals surface area contributed by atoms with Crippen molar-refractivity contribution < 1.29 is 74.7 Å². The first-order chi connectivity index (χ1) is 25.1. The SMILES string of the molecule is C[C@H]1CO[C@@H]2Cn3cc(C(=O)NCc4ccc(F)cc4F)c(=O)c(OCOC(=O)OCC(=O)NCCN4CCOCC4)c3C(=O)N12.O=C(O)C(F)(F)F. The Hall–Kier alpha value is -5.35. The van der Waals surface area contributed by atoms with Gasteiger partial charge in [-0.2, -0.15) is 13.2 Å². The lowest BCUT2D eigenvalue weighted by Crippen LogP contribution is -2.49. The number of hydrogen-bond acceptors (Lipinski definition) is 12. The molecule has 0 radical (unpaired) electrons. The highest BCUT2D eigenvalue weighted by molar-refractivity contribution is 5.99. The van der Waals surface area contributed by atoms with Gasteiger partial charge in [0.25, 0.3) is 17.7 Å². The number of alkyl halides is 3. The fourth-order valence-corrected chi connectivity index (χ4v) is 5.22. The van der Waals surface area contributed by atoms with Crippen molar-refractivity contribution in [2.24, 2.45) is 0 Å². The van der Waals surface area contributed by atoms with Gasteiger partial charge >= 0.3 is 18.3 Å². The van der Waals surface area contributed by atoms with Gasteiger partial charge in [-0.25, -0.2) is 18.4 Å². The molecule has 1 aromatic heterocycles. The first-order valence-electron chi connectivity index (χ1n) is 15.8. The van der Waals surface area contributed by atoms with Crippen molar-refractivity contribution in [3.63, 3.8) is 0 Å². The Balaban J connectivity index is 0.000000815. The van der Waals surface area contributed by atoms with E-state index < -0.39 is 84.0 Å². The van der Waals surface area contributed by atoms with Crippen LogP contribution in [0.1, 0.15) is 33.3 Å². The van der Waals surface area contributed by atoms with Crippen molar-refractivity contribution in [3.8, 4) is 5.75 Å². The van der Waals surface area contributed by atoms with Gasteiger partial charge in [0.15, 0.2) is 18.5 Å². The quantitative estimate of drug-likeness (QED) is 0.165. The molecule has 22 heteroatoms. The number of nitrogens with one attached hydrogen (secondary N) is 2. The number of benzene rings is 1. The number of hydrogen-bond donors (Lipinski definition) is 3. The van der Waals surface area contributed by atoms with Gasteiger partial charge in [-0.1, -0.05) is 6.07 Å². The van der Waals surface area contributed by atoms with Crippen LogP contribution in [0.25, 0.3) is 0 Å². The maximum atomic E-state index is 14.1. The minimum atomic E-state index is -5.08. The first-order valence-corrected chi connectivity index (χ1v) is 15.8. The van der Waals surface area contributed by atoms with Crippen LogP contribution in [0.5, 0.6) is 5.75 Å². The predicted octanol–water partition coefficient (Wildman–Crippen LogP) is 0.828. The number of amides is 3. The summed E-state index contributed by atoms with van der Waals surface area (Å²) in [5.74, 6) is -7.10. The highest BCUT2D eigenvalue weighted by Gasteiger charge is 2.43. The third kappa shape index (κ3) is 10.8. The number of rotatable bonds is 11. The zero-order valence-electron chi connectivity index (χ0n) is 27.9. The number of halogens is 5. The van der Waals surface area contributed by atoms with Gasteiger partial charge in [0.05, 0.1) is 32.4 Å². The van der Waals surface area contributed by atoms with Gasteiger partial charge in [-0.05, 0) is 13.0 Å². The summed E-state index contributed by atoms with van der Waals surface area (Å²) in [4.78, 5) is 76.6. The summed E-state index contributed by atoms with van der Waals surface area (Å²) in [7, 11) is 0. The van der Waals surface area contributed by atoms with E-state index in [1.165, 1.54) is 9.47 Å². The van der Waals surface area contributed by atoms with Crippen molar-refractivity contribution in [2.75, 3.05) is 59.4 Å². The number of carbonyl (C=O) groups excluding carboxylic acids is 4. The number of morpholine rings is 1. The van der Waals surface area contributed by atoms with E-state index in [1.54, 1.807) is 6.92 Å². The number of nitrogens with zero attached hydrogens (tertiary/aromatic N) is 3. The van der Waals surface area contributed by atoms with E-state index in [0.717, 1.165) is 31.4 Å². The highest BCUT2D eigenvalue weighted by Crippen LogP contribution is 2.30. The fraction of sp³-hybridized carbons (Fsp3) is 0.484. The van der Waals surface area contributed by atoms with E-state index in [2.05, 4.69) is 15.5 Å². The number of aromatic nitrogens is 1. The van der Waals surface area contributed by atoms with Crippen LogP contribution in [0.2, 0.25) is 0 Å². The molecule has 3 N–H and O–H groups in total. The van der Waals surface area contributed by atoms with E-state index in [9.17, 15) is 45.9 Å². The van der Waals surface area contributed by atoms with Crippen molar-refractivity contribution in [1.82, 2.24) is 25.0 Å². The predicted molar refractivity (Wildman–Crippen MR) is 165 cm³/mol. The highest BCUT2D eigenvalue weighted by atomic mass is 19.4. The van der Waals surface area contributed by atoms with Crippen LogP contribution in [0.4, 0.5) is 26.7 Å². The molecular formula is C31H34F5N5O12. The van der Waals surface area contributed by atoms with Crippen molar-refractivity contribution in [2.45, 2.75) is 38.5 Å². The summed E-state index contributed by atoms with van der Waals surface area (Å²) < 4.78 is 86.4. The van der Waals surface area contributed by atoms with Gasteiger partial charge in [0.1, 0.15) is 17.2 Å². The molecule has 53 heavy (non-hydrogen) atoms. The van der Waals surface area contributed by atoms with Crippen LogP contribution in [-0.2, 0) is 41.6 Å². The van der Waals surface area contributed by atoms with Crippen LogP contribution in [0.3, 0.4) is 0 Å². The lowest BCUT2D eigenvalue weighted by molar-refractivity contribution is -0.192. The van der Waals surface area contributed by atoms with Crippen LogP contribution in [0.15, 0.2) is 29.2 Å². The maximum absolute atomic E-state index is 14.1. The van der Waals surface area contributed by atoms with Crippen LogP contribution in [-0.4, -0.2) is 127 Å². The van der Waals surface area contributed by atoms with Crippen molar-refractivity contribution >= 4 is 29.8 Å². The molecule has 4 heterocycles. The molecule has 0 bridgehead atoms. The lowest BCUT2D eigenvalue weighted by Gasteiger charge is -2.34. The van der Waals surface area contributed by atoms with E-state index in [-0.39, 0.29) is 37.0 Å². The van der Waals surface area contributed by atoms with Crippen molar-refractivity contribution in [1.29, 1.82) is 0 Å². The Morgan fingerprint density at radius 1 is 1.06 bits per heavy atom. The van der Waals surface area contributed by atoms with Crippen LogP contribution < -0.4 is 20.8 Å². The number of pyridine rings is 1. The summed E-state index contributed by atoms with van der Waals surface area (Å²) >= 11 is 0. The van der Waals surface area contributed by atoms with Gasteiger partial charge in [0.2, 0.25) is 18.0 Å². The Bertz CT molecular complexity index is 1750. The smallest absolute Gasteiger partial charge is 0.475 e. The molecule has 0 spiro atoms. The molecule has 3 amide bonds. The van der Waals surface area contributed by atoms with Crippen LogP contribution in [0, 0.1) is 11.6 Å². The molecule has 1 aromatic carbocycles. The summed E-state index contributed by atoms with van der Waals surface area (Å²) in [6.45, 7) is 3.88. The topological polar surface area (TPSA) is 204 Å². The molecule has 0 unspecified atom stereocenters. The minimum absolute atomic E-state index is 0.0267. The summed E-state index contributed by atoms with van der Waals surface area (Å²) in [5, 5.41) is 12.1. The van der Waals surface area contributed by atoms with Crippen molar-refractivity contribution in [3.05, 3.63) is 63.1 Å². The Morgan fingerprint density at radius 3 is 2.42 bits per heavy atom. The molecule has 2 atom stereocenters. The van der Waals surface area contributed by atoms with E-state index >= 15 is 0 Å². The summed E-state index contributed by atoms with van der Waals surface area (Å²) in [6.07, 6.45) is -5.86. The average molecular weight is 764 g/mol. The molecule has 2 saturated heterocycles. The third-order valence-corrected chi connectivity index (χ3v) is 7.84. The Kier molecular flexibility index (Phi) is 13.7. The zero-order chi connectivity index (χ0) is 38.9. The Labute approximate surface area is 296 Å². The van der Waals surface area contributed by atoms with E-state index in [0.29, 0.717) is 32.4 Å². The fourth-order valence-electron chi connectivity index (χ4n) is 5.22. The number of carboxylic acids is 1. The first kappa shape index (κ1) is 40.4. The number of carbonyl (C=O) groups is 5. The third-order valence-electron chi connectivity index (χ3n) is 7.84. The molecule has 3 aliphatic heterocycles. The molecule has 5 rings (SSSR count). The van der Waals surface area contributed by atoms with Gasteiger partial charge in [-0.3, -0.25) is 24.1 Å². The molecule has 290 valence electrons. The van der Waals surface area contributed by atoms with E-state index in [4.69, 9.17) is 33.6 Å². The van der Waals surface area contributed by atoms with E-state index in [1.807, 2.05) is 0 Å². The molecule has 0 aliphatic carbocycles. The summed E-state index contributed by atoms with van der Waals surface area (Å²) in [6, 6.07) is 2.52. The number of ether oxygens (including phenoxy) is 5. The number of aliphatic carboxylic acids is 1.